The van der Waals surface area contributed by atoms with Crippen LogP contribution in [0.5, 0.6) is 0 Å². The molecule has 1 saturated heterocycles. The van der Waals surface area contributed by atoms with Crippen LogP contribution in [0.15, 0.2) is 0 Å². The van der Waals surface area contributed by atoms with E-state index in [1.807, 2.05) is 0 Å². The molecular formula is C15H32N2. The predicted octanol–water partition coefficient (Wildman–Crippen LogP) is 3.13. The lowest BCUT2D eigenvalue weighted by Gasteiger charge is -2.43. The van der Waals surface area contributed by atoms with Crippen LogP contribution in [0.1, 0.15) is 53.9 Å². The molecule has 102 valence electrons. The highest BCUT2D eigenvalue weighted by molar-refractivity contribution is 4.87. The van der Waals surface area contributed by atoms with Crippen molar-refractivity contribution >= 4 is 0 Å². The first-order valence-corrected chi connectivity index (χ1v) is 7.22. The highest BCUT2D eigenvalue weighted by Crippen LogP contribution is 2.35. The van der Waals surface area contributed by atoms with E-state index < -0.39 is 0 Å². The molecule has 1 unspecified atom stereocenters. The first-order valence-electron chi connectivity index (χ1n) is 7.22. The van der Waals surface area contributed by atoms with Gasteiger partial charge in [0.05, 0.1) is 0 Å². The van der Waals surface area contributed by atoms with Gasteiger partial charge in [-0.05, 0) is 50.7 Å². The van der Waals surface area contributed by atoms with Crippen LogP contribution in [-0.4, -0.2) is 37.6 Å². The fourth-order valence-corrected chi connectivity index (χ4v) is 2.71. The second-order valence-electron chi connectivity index (χ2n) is 6.94. The van der Waals surface area contributed by atoms with E-state index in [9.17, 15) is 0 Å². The average molecular weight is 240 g/mol. The summed E-state index contributed by atoms with van der Waals surface area (Å²) in [6, 6.07) is 0.571. The number of nitrogens with one attached hydrogen (secondary N) is 1. The van der Waals surface area contributed by atoms with E-state index in [1.54, 1.807) is 0 Å². The van der Waals surface area contributed by atoms with Crippen molar-refractivity contribution in [1.29, 1.82) is 0 Å². The third-order valence-electron chi connectivity index (χ3n) is 5.15. The van der Waals surface area contributed by atoms with Gasteiger partial charge < -0.3 is 10.2 Å². The maximum Gasteiger partial charge on any atom is 0.00991 e. The van der Waals surface area contributed by atoms with Gasteiger partial charge in [0, 0.05) is 12.6 Å². The van der Waals surface area contributed by atoms with Gasteiger partial charge in [-0.3, -0.25) is 0 Å². The Morgan fingerprint density at radius 3 is 2.24 bits per heavy atom. The molecule has 17 heavy (non-hydrogen) atoms. The summed E-state index contributed by atoms with van der Waals surface area (Å²) < 4.78 is 0. The van der Waals surface area contributed by atoms with E-state index in [4.69, 9.17) is 0 Å². The van der Waals surface area contributed by atoms with E-state index in [0.29, 0.717) is 16.9 Å². The van der Waals surface area contributed by atoms with Crippen LogP contribution in [0.3, 0.4) is 0 Å². The molecule has 0 aromatic rings. The van der Waals surface area contributed by atoms with E-state index in [2.05, 4.69) is 51.9 Å². The Morgan fingerprint density at radius 2 is 1.82 bits per heavy atom. The number of piperidine rings is 1. The fourth-order valence-electron chi connectivity index (χ4n) is 2.71. The summed E-state index contributed by atoms with van der Waals surface area (Å²) in [5, 5.41) is 3.40. The fraction of sp³-hybridized carbons (Fsp3) is 1.00. The summed E-state index contributed by atoms with van der Waals surface area (Å²) >= 11 is 0. The largest absolute Gasteiger partial charge is 0.317 e. The molecule has 2 nitrogen and oxygen atoms in total. The summed E-state index contributed by atoms with van der Waals surface area (Å²) in [7, 11) is 2.07. The van der Waals surface area contributed by atoms with E-state index in [1.165, 1.54) is 38.9 Å². The minimum Gasteiger partial charge on any atom is -0.317 e. The lowest BCUT2D eigenvalue weighted by molar-refractivity contribution is 0.0721. The first-order chi connectivity index (χ1) is 7.83. The molecule has 0 aliphatic carbocycles. The van der Waals surface area contributed by atoms with Gasteiger partial charge in [-0.15, -0.1) is 0 Å². The van der Waals surface area contributed by atoms with Crippen LogP contribution < -0.4 is 5.32 Å². The molecule has 1 rings (SSSR count). The molecule has 0 aromatic carbocycles. The number of hydrogen-bond donors (Lipinski definition) is 1. The molecular weight excluding hydrogens is 208 g/mol. The van der Waals surface area contributed by atoms with E-state index in [0.717, 1.165) is 0 Å². The molecule has 1 atom stereocenters. The van der Waals surface area contributed by atoms with Gasteiger partial charge >= 0.3 is 0 Å². The zero-order valence-corrected chi connectivity index (χ0v) is 12.8. The molecule has 0 amide bonds. The quantitative estimate of drug-likeness (QED) is 0.794. The van der Waals surface area contributed by atoms with Crippen molar-refractivity contribution in [3.05, 3.63) is 0 Å². The third kappa shape index (κ3) is 3.96. The first kappa shape index (κ1) is 15.0. The monoisotopic (exact) mass is 240 g/mol. The van der Waals surface area contributed by atoms with Crippen molar-refractivity contribution in [2.24, 2.45) is 10.8 Å². The van der Waals surface area contributed by atoms with Crippen LogP contribution in [-0.2, 0) is 0 Å². The molecule has 1 heterocycles. The van der Waals surface area contributed by atoms with Crippen molar-refractivity contribution in [3.63, 3.8) is 0 Å². The van der Waals surface area contributed by atoms with Crippen LogP contribution in [0.4, 0.5) is 0 Å². The lowest BCUT2D eigenvalue weighted by Crippen LogP contribution is -2.48. The van der Waals surface area contributed by atoms with Gasteiger partial charge in [0.1, 0.15) is 0 Å². The Balaban J connectivity index is 2.45. The van der Waals surface area contributed by atoms with Gasteiger partial charge in [0.25, 0.3) is 0 Å². The number of rotatable bonds is 5. The summed E-state index contributed by atoms with van der Waals surface area (Å²) in [5.74, 6) is 0. The Kier molecular flexibility index (Phi) is 5.03. The van der Waals surface area contributed by atoms with Gasteiger partial charge in [0.2, 0.25) is 0 Å². The standard InChI is InChI=1S/C15H32N2/c1-7-15(5)8-10-17(11-9-15)12-14(3,4)13(2)16-6/h13,16H,7-12H2,1-6H3. The SMILES string of the molecule is CCC1(C)CCN(CC(C)(C)C(C)NC)CC1. The van der Waals surface area contributed by atoms with Crippen molar-refractivity contribution in [1.82, 2.24) is 10.2 Å². The third-order valence-corrected chi connectivity index (χ3v) is 5.15. The summed E-state index contributed by atoms with van der Waals surface area (Å²) in [6.45, 7) is 15.6. The van der Waals surface area contributed by atoms with Crippen LogP contribution in [0.25, 0.3) is 0 Å². The van der Waals surface area contributed by atoms with Gasteiger partial charge in [-0.1, -0.05) is 34.1 Å². The molecule has 0 radical (unpaired) electrons. The topological polar surface area (TPSA) is 15.3 Å². The van der Waals surface area contributed by atoms with Crippen molar-refractivity contribution in [2.45, 2.75) is 59.9 Å². The van der Waals surface area contributed by atoms with E-state index in [-0.39, 0.29) is 0 Å². The van der Waals surface area contributed by atoms with Crippen molar-refractivity contribution < 1.29 is 0 Å². The maximum absolute atomic E-state index is 3.40. The molecule has 1 aliphatic heterocycles. The van der Waals surface area contributed by atoms with E-state index >= 15 is 0 Å². The predicted molar refractivity (Wildman–Crippen MR) is 76.4 cm³/mol. The molecule has 1 fully saturated rings. The highest BCUT2D eigenvalue weighted by Gasteiger charge is 2.32. The van der Waals surface area contributed by atoms with Crippen LogP contribution in [0.2, 0.25) is 0 Å². The Labute approximate surface area is 108 Å². The van der Waals surface area contributed by atoms with Gasteiger partial charge in [0.15, 0.2) is 0 Å². The molecule has 0 bridgehead atoms. The minimum atomic E-state index is 0.356. The van der Waals surface area contributed by atoms with Gasteiger partial charge in [-0.2, -0.15) is 0 Å². The van der Waals surface area contributed by atoms with Crippen molar-refractivity contribution in [2.75, 3.05) is 26.7 Å². The smallest absolute Gasteiger partial charge is 0.00991 e. The summed E-state index contributed by atoms with van der Waals surface area (Å²) in [6.07, 6.45) is 4.07. The zero-order chi connectivity index (χ0) is 13.1. The molecule has 1 aliphatic rings. The van der Waals surface area contributed by atoms with Crippen molar-refractivity contribution in [3.8, 4) is 0 Å². The Morgan fingerprint density at radius 1 is 1.29 bits per heavy atom. The molecule has 0 aromatic heterocycles. The maximum atomic E-state index is 3.40. The highest BCUT2D eigenvalue weighted by atomic mass is 15.1. The van der Waals surface area contributed by atoms with Crippen LogP contribution in [0, 0.1) is 10.8 Å². The molecule has 1 N–H and O–H groups in total. The zero-order valence-electron chi connectivity index (χ0n) is 12.8. The van der Waals surface area contributed by atoms with Crippen LogP contribution >= 0.6 is 0 Å². The Hall–Kier alpha value is -0.0800. The molecule has 0 saturated carbocycles. The number of hydrogen-bond acceptors (Lipinski definition) is 2. The average Bonchev–Trinajstić information content (AvgIpc) is 2.31. The summed E-state index contributed by atoms with van der Waals surface area (Å²) in [4.78, 5) is 2.66. The summed E-state index contributed by atoms with van der Waals surface area (Å²) in [5.41, 5.74) is 0.962. The number of likely N-dealkylation sites (tertiary alicyclic amines) is 1. The Bertz CT molecular complexity index is 227. The normalized spacial score (nSPS) is 23.6. The molecule has 2 heteroatoms. The second-order valence-corrected chi connectivity index (χ2v) is 6.94. The minimum absolute atomic E-state index is 0.356. The second kappa shape index (κ2) is 5.71. The number of nitrogens with zero attached hydrogens (tertiary/aromatic N) is 1. The molecule has 0 spiro atoms. The van der Waals surface area contributed by atoms with Gasteiger partial charge in [-0.25, -0.2) is 0 Å². The lowest BCUT2D eigenvalue weighted by atomic mass is 9.77.